The number of nitrogens with one attached hydrogen (secondary N) is 1. The molecule has 4 aromatic carbocycles. The summed E-state index contributed by atoms with van der Waals surface area (Å²) in [6, 6.07) is 25.5. The Labute approximate surface area is 325 Å². The van der Waals surface area contributed by atoms with Crippen molar-refractivity contribution in [3.8, 4) is 22.8 Å². The number of benzene rings is 4. The first-order valence-corrected chi connectivity index (χ1v) is 18.8. The highest BCUT2D eigenvalue weighted by atomic mass is 19.1. The number of hydrogen-bond donors (Lipinski definition) is 1. The fourth-order valence-corrected chi connectivity index (χ4v) is 7.26. The summed E-state index contributed by atoms with van der Waals surface area (Å²) in [5.74, 6) is 0.852. The molecule has 2 aliphatic heterocycles. The van der Waals surface area contributed by atoms with E-state index in [2.05, 4.69) is 25.3 Å². The molecule has 0 radical (unpaired) electrons. The number of carbonyl (C=O) groups is 2. The van der Waals surface area contributed by atoms with Gasteiger partial charge in [-0.25, -0.2) is 13.2 Å². The highest BCUT2D eigenvalue weighted by molar-refractivity contribution is 5.98. The molecule has 2 fully saturated rings. The van der Waals surface area contributed by atoms with Crippen LogP contribution in [0.5, 0.6) is 0 Å². The lowest BCUT2D eigenvalue weighted by Crippen LogP contribution is -2.40. The molecular weight excluding hydrogens is 736 g/mol. The topological polar surface area (TPSA) is 134 Å². The number of hydrogen-bond acceptors (Lipinski definition) is 8. The molecule has 57 heavy (non-hydrogen) atoms. The standard InChI is InChI=1S/C22H19FN4O2.C21H19F2N3O2/c23-18-6-3-14(4-7-18)20-25-21(29-26-20)17-2-1-11-27(13-17)22(28)16-5-8-19-15(12-16)9-10-24-19;22-17-7-3-14(4-8-17)12-19(27)26-11-1-2-16(13-26)21-24-20(25-28-21)15-5-9-18(23)10-6-15/h3-10,12,17,24H,1-2,11,13H2;3-10,16H,1-2,11-13H2/t17-;16-/m00/s1. The Hall–Kier alpha value is -6.57. The molecule has 9 rings (SSSR count). The van der Waals surface area contributed by atoms with Crippen LogP contribution in [-0.4, -0.2) is 73.1 Å². The summed E-state index contributed by atoms with van der Waals surface area (Å²) in [6.45, 7) is 2.43. The number of piperidine rings is 2. The molecule has 0 saturated carbocycles. The lowest BCUT2D eigenvalue weighted by Gasteiger charge is -2.31. The highest BCUT2D eigenvalue weighted by Gasteiger charge is 2.30. The van der Waals surface area contributed by atoms with E-state index in [-0.39, 0.29) is 47.5 Å². The molecular formula is C43H38F3N7O4. The molecule has 2 atom stereocenters. The molecule has 14 heteroatoms. The van der Waals surface area contributed by atoms with E-state index in [4.69, 9.17) is 9.05 Å². The lowest BCUT2D eigenvalue weighted by atomic mass is 9.97. The van der Waals surface area contributed by atoms with Crippen LogP contribution in [0.3, 0.4) is 0 Å². The van der Waals surface area contributed by atoms with E-state index < -0.39 is 0 Å². The van der Waals surface area contributed by atoms with Gasteiger partial charge < -0.3 is 23.8 Å². The minimum atomic E-state index is -0.324. The van der Waals surface area contributed by atoms with Gasteiger partial charge >= 0.3 is 0 Å². The number of fused-ring (bicyclic) bond motifs is 1. The molecule has 1 N–H and O–H groups in total. The smallest absolute Gasteiger partial charge is 0.253 e. The maximum Gasteiger partial charge on any atom is 0.253 e. The van der Waals surface area contributed by atoms with E-state index in [1.807, 2.05) is 35.4 Å². The van der Waals surface area contributed by atoms with Crippen molar-refractivity contribution >= 4 is 22.7 Å². The van der Waals surface area contributed by atoms with Crippen molar-refractivity contribution in [2.24, 2.45) is 0 Å². The largest absolute Gasteiger partial charge is 0.361 e. The van der Waals surface area contributed by atoms with Gasteiger partial charge in [0, 0.05) is 60.0 Å². The van der Waals surface area contributed by atoms with Gasteiger partial charge in [0.1, 0.15) is 17.5 Å². The van der Waals surface area contributed by atoms with Crippen LogP contribution in [0.25, 0.3) is 33.7 Å². The van der Waals surface area contributed by atoms with E-state index in [0.717, 1.165) is 42.1 Å². The van der Waals surface area contributed by atoms with Crippen molar-refractivity contribution in [2.75, 3.05) is 26.2 Å². The Kier molecular flexibility index (Phi) is 10.9. The third-order valence-corrected chi connectivity index (χ3v) is 10.3. The van der Waals surface area contributed by atoms with Gasteiger partial charge in [-0.2, -0.15) is 9.97 Å². The monoisotopic (exact) mass is 773 g/mol. The fourth-order valence-electron chi connectivity index (χ4n) is 7.26. The number of aromatic amines is 1. The molecule has 3 aromatic heterocycles. The van der Waals surface area contributed by atoms with Crippen LogP contribution in [-0.2, 0) is 11.2 Å². The van der Waals surface area contributed by atoms with E-state index in [9.17, 15) is 22.8 Å². The van der Waals surface area contributed by atoms with Gasteiger partial charge in [-0.05, 0) is 116 Å². The number of H-pyrrole nitrogens is 1. The number of nitrogens with zero attached hydrogens (tertiary/aromatic N) is 6. The van der Waals surface area contributed by atoms with Crippen LogP contribution in [0.4, 0.5) is 13.2 Å². The third kappa shape index (κ3) is 8.80. The van der Waals surface area contributed by atoms with E-state index in [1.165, 1.54) is 36.4 Å². The Morgan fingerprint density at radius 2 is 1.19 bits per heavy atom. The first kappa shape index (κ1) is 37.4. The number of amides is 2. The molecule has 2 amide bonds. The van der Waals surface area contributed by atoms with Crippen molar-refractivity contribution in [3.63, 3.8) is 0 Å². The SMILES string of the molecule is O=C(Cc1ccc(F)cc1)N1CCC[C@H](c2nc(-c3ccc(F)cc3)no2)C1.O=C(c1ccc2[nH]ccc2c1)N1CCC[C@H](c2nc(-c3ccc(F)cc3)no2)C1. The quantitative estimate of drug-likeness (QED) is 0.171. The average Bonchev–Trinajstić information content (AvgIpc) is 4.05. The van der Waals surface area contributed by atoms with Crippen LogP contribution in [0.2, 0.25) is 0 Å². The molecule has 0 bridgehead atoms. The summed E-state index contributed by atoms with van der Waals surface area (Å²) < 4.78 is 50.1. The zero-order chi connectivity index (χ0) is 39.3. The Morgan fingerprint density at radius 3 is 1.77 bits per heavy atom. The van der Waals surface area contributed by atoms with Gasteiger partial charge in [-0.15, -0.1) is 0 Å². The highest BCUT2D eigenvalue weighted by Crippen LogP contribution is 2.30. The summed E-state index contributed by atoms with van der Waals surface area (Å²) in [7, 11) is 0. The van der Waals surface area contributed by atoms with Crippen molar-refractivity contribution in [1.29, 1.82) is 0 Å². The van der Waals surface area contributed by atoms with Crippen molar-refractivity contribution < 1.29 is 31.8 Å². The van der Waals surface area contributed by atoms with E-state index >= 15 is 0 Å². The van der Waals surface area contributed by atoms with Gasteiger partial charge in [0.05, 0.1) is 18.3 Å². The van der Waals surface area contributed by atoms with Gasteiger partial charge in [0.2, 0.25) is 29.3 Å². The number of rotatable bonds is 7. The zero-order valence-electron chi connectivity index (χ0n) is 30.8. The summed E-state index contributed by atoms with van der Waals surface area (Å²) in [5, 5.41) is 9.04. The second-order valence-electron chi connectivity index (χ2n) is 14.3. The molecule has 5 heterocycles. The normalized spacial score (nSPS) is 17.0. The molecule has 0 spiro atoms. The molecule has 290 valence electrons. The van der Waals surface area contributed by atoms with Gasteiger partial charge in [0.25, 0.3) is 5.91 Å². The minimum absolute atomic E-state index is 0.00502. The molecule has 2 saturated heterocycles. The summed E-state index contributed by atoms with van der Waals surface area (Å²) >= 11 is 0. The molecule has 11 nitrogen and oxygen atoms in total. The predicted molar refractivity (Wildman–Crippen MR) is 204 cm³/mol. The van der Waals surface area contributed by atoms with Crippen LogP contribution >= 0.6 is 0 Å². The third-order valence-electron chi connectivity index (χ3n) is 10.3. The summed E-state index contributed by atoms with van der Waals surface area (Å²) in [6.07, 6.45) is 5.55. The van der Waals surface area contributed by atoms with E-state index in [0.29, 0.717) is 66.3 Å². The minimum Gasteiger partial charge on any atom is -0.361 e. The second-order valence-corrected chi connectivity index (χ2v) is 14.3. The number of carbonyl (C=O) groups excluding carboxylic acids is 2. The Morgan fingerprint density at radius 1 is 0.667 bits per heavy atom. The lowest BCUT2D eigenvalue weighted by molar-refractivity contribution is -0.131. The Balaban J connectivity index is 0.000000160. The molecule has 0 aliphatic carbocycles. The van der Waals surface area contributed by atoms with Crippen LogP contribution in [0.1, 0.15) is 65.2 Å². The number of aromatic nitrogens is 5. The zero-order valence-corrected chi connectivity index (χ0v) is 30.8. The molecule has 0 unspecified atom stereocenters. The first-order chi connectivity index (χ1) is 27.8. The first-order valence-electron chi connectivity index (χ1n) is 18.8. The van der Waals surface area contributed by atoms with Crippen molar-refractivity contribution in [3.05, 3.63) is 144 Å². The fraction of sp³-hybridized carbons (Fsp3) is 0.256. The maximum absolute atomic E-state index is 13.1. The maximum atomic E-state index is 13.1. The van der Waals surface area contributed by atoms with Gasteiger partial charge in [-0.1, -0.05) is 22.4 Å². The molecule has 7 aromatic rings. The Bertz CT molecular complexity index is 2460. The van der Waals surface area contributed by atoms with Crippen LogP contribution in [0, 0.1) is 17.5 Å². The van der Waals surface area contributed by atoms with E-state index in [1.54, 1.807) is 41.3 Å². The van der Waals surface area contributed by atoms with Crippen molar-refractivity contribution in [2.45, 2.75) is 43.9 Å². The molecule has 2 aliphatic rings. The van der Waals surface area contributed by atoms with Gasteiger partial charge in [0.15, 0.2) is 0 Å². The van der Waals surface area contributed by atoms with Crippen LogP contribution < -0.4 is 0 Å². The van der Waals surface area contributed by atoms with Crippen LogP contribution in [0.15, 0.2) is 112 Å². The van der Waals surface area contributed by atoms with Crippen molar-refractivity contribution in [1.82, 2.24) is 35.1 Å². The second kappa shape index (κ2) is 16.7. The summed E-state index contributed by atoms with van der Waals surface area (Å²) in [5.41, 5.74) is 3.85. The average molecular weight is 774 g/mol. The number of likely N-dealkylation sites (tertiary alicyclic amines) is 2. The predicted octanol–water partition coefficient (Wildman–Crippen LogP) is 8.34. The number of halogens is 3. The van der Waals surface area contributed by atoms with Gasteiger partial charge in [-0.3, -0.25) is 9.59 Å². The summed E-state index contributed by atoms with van der Waals surface area (Å²) in [4.78, 5) is 41.3.